The van der Waals surface area contributed by atoms with Crippen molar-refractivity contribution in [3.63, 3.8) is 0 Å². The minimum Gasteiger partial charge on any atom is -0.0985 e. The molecule has 76 valence electrons. The molecule has 0 aliphatic carbocycles. The molecule has 0 aliphatic heterocycles. The number of rotatable bonds is 4. The highest BCUT2D eigenvalue weighted by atomic mass is 79.9. The lowest BCUT2D eigenvalue weighted by Gasteiger charge is -2.09. The van der Waals surface area contributed by atoms with Gasteiger partial charge < -0.3 is 0 Å². The average molecular weight is 253 g/mol. The minimum atomic E-state index is 0.587. The molecule has 1 rings (SSSR count). The van der Waals surface area contributed by atoms with Crippen LogP contribution < -0.4 is 0 Å². The van der Waals surface area contributed by atoms with Gasteiger partial charge in [-0.3, -0.25) is 0 Å². The summed E-state index contributed by atoms with van der Waals surface area (Å²) in [6.07, 6.45) is 3.00. The van der Waals surface area contributed by atoms with Crippen molar-refractivity contribution in [1.82, 2.24) is 0 Å². The lowest BCUT2D eigenvalue weighted by Crippen LogP contribution is -1.93. The molecule has 0 spiro atoms. The normalized spacial score (nSPS) is 10.6. The summed E-state index contributed by atoms with van der Waals surface area (Å²) in [7, 11) is 0. The van der Waals surface area contributed by atoms with Crippen molar-refractivity contribution in [2.45, 2.75) is 26.2 Å². The lowest BCUT2D eigenvalue weighted by molar-refractivity contribution is 0.862. The Morgan fingerprint density at radius 2 is 2.07 bits per heavy atom. The van der Waals surface area contributed by atoms with Gasteiger partial charge in [-0.1, -0.05) is 60.6 Å². The number of halogens is 1. The molecule has 0 unspecified atom stereocenters. The van der Waals surface area contributed by atoms with Gasteiger partial charge in [-0.15, -0.1) is 0 Å². The van der Waals surface area contributed by atoms with Gasteiger partial charge in [0.2, 0.25) is 0 Å². The van der Waals surface area contributed by atoms with Crippen LogP contribution in [0.3, 0.4) is 0 Å². The van der Waals surface area contributed by atoms with Crippen LogP contribution in [0.2, 0.25) is 0 Å². The fourth-order valence-corrected chi connectivity index (χ4v) is 1.91. The summed E-state index contributed by atoms with van der Waals surface area (Å²) in [5.74, 6) is 0.587. The van der Waals surface area contributed by atoms with E-state index in [1.54, 1.807) is 0 Å². The minimum absolute atomic E-state index is 0.587. The Kier molecular flexibility index (Phi) is 4.40. The summed E-state index contributed by atoms with van der Waals surface area (Å²) < 4.78 is 0. The first kappa shape index (κ1) is 11.5. The Balaban J connectivity index is 3.06. The Hall–Kier alpha value is -0.560. The molecule has 1 aromatic carbocycles. The molecule has 0 fully saturated rings. The fraction of sp³-hybridized carbons (Fsp3) is 0.385. The van der Waals surface area contributed by atoms with Gasteiger partial charge in [-0.05, 0) is 29.0 Å². The lowest BCUT2D eigenvalue weighted by atomic mass is 9.97. The van der Waals surface area contributed by atoms with Gasteiger partial charge >= 0.3 is 0 Å². The molecule has 0 aromatic heterocycles. The summed E-state index contributed by atoms with van der Waals surface area (Å²) in [5, 5.41) is 1.02. The number of alkyl halides is 1. The SMILES string of the molecule is C=Cc1cc(CCBr)cc(C(C)C)c1. The highest BCUT2D eigenvalue weighted by Gasteiger charge is 2.02. The second kappa shape index (κ2) is 5.35. The fourth-order valence-electron chi connectivity index (χ4n) is 1.45. The van der Waals surface area contributed by atoms with E-state index in [9.17, 15) is 0 Å². The molecule has 1 aromatic rings. The van der Waals surface area contributed by atoms with E-state index in [0.29, 0.717) is 5.92 Å². The van der Waals surface area contributed by atoms with Crippen LogP contribution in [0.1, 0.15) is 36.5 Å². The highest BCUT2D eigenvalue weighted by Crippen LogP contribution is 2.19. The van der Waals surface area contributed by atoms with Crippen LogP contribution in [0.4, 0.5) is 0 Å². The van der Waals surface area contributed by atoms with E-state index < -0.39 is 0 Å². The Morgan fingerprint density at radius 3 is 2.57 bits per heavy atom. The monoisotopic (exact) mass is 252 g/mol. The van der Waals surface area contributed by atoms with Gasteiger partial charge in [0.1, 0.15) is 0 Å². The molecule has 0 saturated carbocycles. The third kappa shape index (κ3) is 2.98. The molecule has 0 radical (unpaired) electrons. The number of aryl methyl sites for hydroxylation is 1. The van der Waals surface area contributed by atoms with E-state index in [1.165, 1.54) is 16.7 Å². The van der Waals surface area contributed by atoms with Gasteiger partial charge in [0.15, 0.2) is 0 Å². The molecule has 0 nitrogen and oxygen atoms in total. The maximum Gasteiger partial charge on any atom is 0.00718 e. The van der Waals surface area contributed by atoms with Gasteiger partial charge in [-0.25, -0.2) is 0 Å². The topological polar surface area (TPSA) is 0 Å². The zero-order valence-electron chi connectivity index (χ0n) is 8.89. The zero-order valence-corrected chi connectivity index (χ0v) is 10.5. The Morgan fingerprint density at radius 1 is 1.36 bits per heavy atom. The van der Waals surface area contributed by atoms with Crippen LogP contribution in [-0.2, 0) is 6.42 Å². The van der Waals surface area contributed by atoms with Gasteiger partial charge in [-0.2, -0.15) is 0 Å². The van der Waals surface area contributed by atoms with Crippen molar-refractivity contribution < 1.29 is 0 Å². The third-order valence-electron chi connectivity index (χ3n) is 2.32. The molecular formula is C13H17Br. The van der Waals surface area contributed by atoms with Gasteiger partial charge in [0, 0.05) is 5.33 Å². The van der Waals surface area contributed by atoms with Crippen molar-refractivity contribution in [3.05, 3.63) is 41.5 Å². The molecule has 0 saturated heterocycles. The van der Waals surface area contributed by atoms with Gasteiger partial charge in [0.05, 0.1) is 0 Å². The third-order valence-corrected chi connectivity index (χ3v) is 2.72. The summed E-state index contributed by atoms with van der Waals surface area (Å²) in [6, 6.07) is 6.72. The quantitative estimate of drug-likeness (QED) is 0.698. The molecule has 1 heteroatoms. The zero-order chi connectivity index (χ0) is 10.6. The predicted octanol–water partition coefficient (Wildman–Crippen LogP) is 4.39. The molecule has 0 bridgehead atoms. The van der Waals surface area contributed by atoms with Crippen LogP contribution in [0.15, 0.2) is 24.8 Å². The summed E-state index contributed by atoms with van der Waals surface area (Å²) in [5.41, 5.74) is 4.02. The number of hydrogen-bond acceptors (Lipinski definition) is 0. The maximum atomic E-state index is 3.82. The van der Waals surface area contributed by atoms with E-state index in [-0.39, 0.29) is 0 Å². The molecule has 0 amide bonds. The molecule has 0 heterocycles. The summed E-state index contributed by atoms with van der Waals surface area (Å²) in [4.78, 5) is 0. The van der Waals surface area contributed by atoms with Crippen molar-refractivity contribution in [1.29, 1.82) is 0 Å². The Labute approximate surface area is 95.2 Å². The van der Waals surface area contributed by atoms with E-state index in [1.807, 2.05) is 6.08 Å². The maximum absolute atomic E-state index is 3.82. The van der Waals surface area contributed by atoms with Crippen molar-refractivity contribution in [2.24, 2.45) is 0 Å². The molecule has 0 atom stereocenters. The summed E-state index contributed by atoms with van der Waals surface area (Å²) in [6.45, 7) is 8.27. The van der Waals surface area contributed by atoms with Crippen LogP contribution in [0, 0.1) is 0 Å². The van der Waals surface area contributed by atoms with Crippen molar-refractivity contribution in [2.75, 3.05) is 5.33 Å². The van der Waals surface area contributed by atoms with E-state index >= 15 is 0 Å². The first-order valence-electron chi connectivity index (χ1n) is 4.99. The van der Waals surface area contributed by atoms with Crippen LogP contribution in [0.5, 0.6) is 0 Å². The van der Waals surface area contributed by atoms with E-state index in [0.717, 1.165) is 11.8 Å². The second-order valence-corrected chi connectivity index (χ2v) is 4.60. The smallest absolute Gasteiger partial charge is 0.00718 e. The van der Waals surface area contributed by atoms with Gasteiger partial charge in [0.25, 0.3) is 0 Å². The number of hydrogen-bond donors (Lipinski definition) is 0. The molecule has 14 heavy (non-hydrogen) atoms. The molecule has 0 N–H and O–H groups in total. The van der Waals surface area contributed by atoms with Crippen LogP contribution >= 0.6 is 15.9 Å². The van der Waals surface area contributed by atoms with E-state index in [4.69, 9.17) is 0 Å². The number of benzene rings is 1. The first-order valence-corrected chi connectivity index (χ1v) is 6.11. The standard InChI is InChI=1S/C13H17Br/c1-4-11-7-12(5-6-14)9-13(8-11)10(2)3/h4,7-10H,1,5-6H2,2-3H3. The Bertz CT molecular complexity index is 313. The average Bonchev–Trinajstić information content (AvgIpc) is 2.17. The molecular weight excluding hydrogens is 236 g/mol. The van der Waals surface area contributed by atoms with Crippen LogP contribution in [0.25, 0.3) is 6.08 Å². The summed E-state index contributed by atoms with van der Waals surface area (Å²) >= 11 is 3.47. The molecule has 0 aliphatic rings. The van der Waals surface area contributed by atoms with Crippen molar-refractivity contribution in [3.8, 4) is 0 Å². The highest BCUT2D eigenvalue weighted by molar-refractivity contribution is 9.09. The predicted molar refractivity (Wildman–Crippen MR) is 68.1 cm³/mol. The van der Waals surface area contributed by atoms with E-state index in [2.05, 4.69) is 54.6 Å². The second-order valence-electron chi connectivity index (χ2n) is 3.81. The van der Waals surface area contributed by atoms with Crippen LogP contribution in [-0.4, -0.2) is 5.33 Å². The first-order chi connectivity index (χ1) is 6.67. The largest absolute Gasteiger partial charge is 0.0985 e. The van der Waals surface area contributed by atoms with Crippen molar-refractivity contribution >= 4 is 22.0 Å².